The van der Waals surface area contributed by atoms with Crippen molar-refractivity contribution in [2.45, 2.75) is 0 Å². The van der Waals surface area contributed by atoms with E-state index in [2.05, 4.69) is 21.0 Å². The fraction of sp³-hybridized carbons (Fsp3) is 0. The maximum absolute atomic E-state index is 6.19. The molecule has 94 valence electrons. The summed E-state index contributed by atoms with van der Waals surface area (Å²) in [7, 11) is 0. The Hall–Kier alpha value is -2.07. The van der Waals surface area contributed by atoms with Gasteiger partial charge in [-0.05, 0) is 29.8 Å². The molecule has 0 aliphatic heterocycles. The summed E-state index contributed by atoms with van der Waals surface area (Å²) in [5.74, 6) is 0.647. The molecule has 0 unspecified atom stereocenters. The van der Waals surface area contributed by atoms with Crippen LogP contribution in [0.2, 0.25) is 0 Å². The van der Waals surface area contributed by atoms with Crippen molar-refractivity contribution in [1.29, 1.82) is 0 Å². The van der Waals surface area contributed by atoms with Gasteiger partial charge in [0.2, 0.25) is 0 Å². The summed E-state index contributed by atoms with van der Waals surface area (Å²) in [5.41, 5.74) is 9.15. The number of rotatable bonds is 2. The van der Waals surface area contributed by atoms with Gasteiger partial charge in [-0.3, -0.25) is 0 Å². The van der Waals surface area contributed by atoms with Crippen molar-refractivity contribution in [2.24, 2.45) is 0 Å². The number of nitrogens with two attached hydrogens (primary N) is 1. The molecule has 0 aliphatic rings. The second-order valence-electron chi connectivity index (χ2n) is 4.20. The number of nitrogens with zero attached hydrogens (tertiary/aromatic N) is 2. The Bertz CT molecular complexity index is 687. The highest BCUT2D eigenvalue weighted by Gasteiger charge is 2.10. The molecule has 3 aromatic rings. The number of para-hydroxylation sites is 1. The molecule has 2 N–H and O–H groups in total. The highest BCUT2D eigenvalue weighted by molar-refractivity contribution is 9.10. The first-order valence-electron chi connectivity index (χ1n) is 5.90. The highest BCUT2D eigenvalue weighted by atomic mass is 79.9. The van der Waals surface area contributed by atoms with E-state index >= 15 is 0 Å². The standard InChI is InChI=1S/C15H12BrN3/c16-12-8-6-11(7-9-12)14-10-18-19(15(14)17)13-4-2-1-3-5-13/h1-10H,17H2. The lowest BCUT2D eigenvalue weighted by molar-refractivity contribution is 0.891. The van der Waals surface area contributed by atoms with E-state index in [1.165, 1.54) is 0 Å². The van der Waals surface area contributed by atoms with Crippen LogP contribution >= 0.6 is 15.9 Å². The molecule has 3 rings (SSSR count). The largest absolute Gasteiger partial charge is 0.383 e. The van der Waals surface area contributed by atoms with Crippen LogP contribution in [0.4, 0.5) is 5.82 Å². The molecule has 0 aliphatic carbocycles. The average Bonchev–Trinajstić information content (AvgIpc) is 2.83. The third kappa shape index (κ3) is 2.27. The molecule has 0 bridgehead atoms. The van der Waals surface area contributed by atoms with E-state index in [1.54, 1.807) is 10.9 Å². The summed E-state index contributed by atoms with van der Waals surface area (Å²) in [5, 5.41) is 4.36. The van der Waals surface area contributed by atoms with Crippen LogP contribution in [0.5, 0.6) is 0 Å². The molecule has 0 radical (unpaired) electrons. The number of hydrogen-bond acceptors (Lipinski definition) is 2. The Morgan fingerprint density at radius 1 is 0.947 bits per heavy atom. The first-order valence-corrected chi connectivity index (χ1v) is 6.70. The van der Waals surface area contributed by atoms with E-state index in [0.717, 1.165) is 21.3 Å². The second kappa shape index (κ2) is 4.90. The van der Waals surface area contributed by atoms with Crippen LogP contribution in [-0.4, -0.2) is 9.78 Å². The van der Waals surface area contributed by atoms with Gasteiger partial charge in [-0.25, -0.2) is 4.68 Å². The monoisotopic (exact) mass is 313 g/mol. The van der Waals surface area contributed by atoms with Crippen molar-refractivity contribution in [1.82, 2.24) is 9.78 Å². The molecule has 19 heavy (non-hydrogen) atoms. The van der Waals surface area contributed by atoms with Crippen LogP contribution < -0.4 is 5.73 Å². The van der Waals surface area contributed by atoms with E-state index in [4.69, 9.17) is 5.73 Å². The van der Waals surface area contributed by atoms with Gasteiger partial charge in [0.15, 0.2) is 0 Å². The zero-order valence-corrected chi connectivity index (χ0v) is 11.7. The van der Waals surface area contributed by atoms with Crippen molar-refractivity contribution in [3.63, 3.8) is 0 Å². The third-order valence-corrected chi connectivity index (χ3v) is 3.49. The topological polar surface area (TPSA) is 43.8 Å². The van der Waals surface area contributed by atoms with Crippen LogP contribution in [0.15, 0.2) is 65.3 Å². The minimum absolute atomic E-state index is 0.647. The average molecular weight is 314 g/mol. The van der Waals surface area contributed by atoms with E-state index in [-0.39, 0.29) is 0 Å². The van der Waals surface area contributed by atoms with Crippen molar-refractivity contribution in [3.8, 4) is 16.8 Å². The molecule has 3 nitrogen and oxygen atoms in total. The molecule has 0 saturated heterocycles. The minimum Gasteiger partial charge on any atom is -0.383 e. The molecule has 0 atom stereocenters. The SMILES string of the molecule is Nc1c(-c2ccc(Br)cc2)cnn1-c1ccccc1. The van der Waals surface area contributed by atoms with Crippen molar-refractivity contribution >= 4 is 21.7 Å². The van der Waals surface area contributed by atoms with E-state index in [0.29, 0.717) is 5.82 Å². The van der Waals surface area contributed by atoms with Gasteiger partial charge >= 0.3 is 0 Å². The first-order chi connectivity index (χ1) is 9.25. The molecular formula is C15H12BrN3. The maximum Gasteiger partial charge on any atom is 0.135 e. The molecule has 0 fully saturated rings. The zero-order valence-electron chi connectivity index (χ0n) is 10.1. The van der Waals surface area contributed by atoms with E-state index in [9.17, 15) is 0 Å². The van der Waals surface area contributed by atoms with Gasteiger partial charge in [0.1, 0.15) is 5.82 Å². The summed E-state index contributed by atoms with van der Waals surface area (Å²) in [6.45, 7) is 0. The third-order valence-electron chi connectivity index (χ3n) is 2.96. The summed E-state index contributed by atoms with van der Waals surface area (Å²) in [6, 6.07) is 17.9. The molecule has 0 amide bonds. The Morgan fingerprint density at radius 3 is 2.32 bits per heavy atom. The van der Waals surface area contributed by atoms with Crippen LogP contribution in [0.3, 0.4) is 0 Å². The van der Waals surface area contributed by atoms with Gasteiger partial charge < -0.3 is 5.73 Å². The molecule has 4 heteroatoms. The quantitative estimate of drug-likeness (QED) is 0.780. The molecule has 0 saturated carbocycles. The molecule has 1 aromatic heterocycles. The number of anilines is 1. The van der Waals surface area contributed by atoms with Crippen molar-refractivity contribution in [3.05, 3.63) is 65.3 Å². The predicted molar refractivity (Wildman–Crippen MR) is 81.1 cm³/mol. The lowest BCUT2D eigenvalue weighted by Crippen LogP contribution is -2.01. The lowest BCUT2D eigenvalue weighted by atomic mass is 10.1. The van der Waals surface area contributed by atoms with Gasteiger partial charge in [0.25, 0.3) is 0 Å². The van der Waals surface area contributed by atoms with Gasteiger partial charge in [0.05, 0.1) is 11.9 Å². The molecular weight excluding hydrogens is 302 g/mol. The number of hydrogen-bond donors (Lipinski definition) is 1. The summed E-state index contributed by atoms with van der Waals surface area (Å²) in [6.07, 6.45) is 1.80. The van der Waals surface area contributed by atoms with Crippen molar-refractivity contribution in [2.75, 3.05) is 5.73 Å². The predicted octanol–water partition coefficient (Wildman–Crippen LogP) is 3.88. The molecule has 1 heterocycles. The van der Waals surface area contributed by atoms with Crippen LogP contribution in [0, 0.1) is 0 Å². The number of aromatic nitrogens is 2. The fourth-order valence-corrected chi connectivity index (χ4v) is 2.25. The Balaban J connectivity index is 2.06. The van der Waals surface area contributed by atoms with Gasteiger partial charge in [-0.1, -0.05) is 46.3 Å². The van der Waals surface area contributed by atoms with Crippen LogP contribution in [0.25, 0.3) is 16.8 Å². The zero-order chi connectivity index (χ0) is 13.2. The van der Waals surface area contributed by atoms with Gasteiger partial charge in [-0.15, -0.1) is 0 Å². The fourth-order valence-electron chi connectivity index (χ4n) is 1.98. The summed E-state index contributed by atoms with van der Waals surface area (Å²) in [4.78, 5) is 0. The first kappa shape index (κ1) is 12.0. The number of benzene rings is 2. The Labute approximate surface area is 119 Å². The van der Waals surface area contributed by atoms with Crippen LogP contribution in [-0.2, 0) is 0 Å². The maximum atomic E-state index is 6.19. The summed E-state index contributed by atoms with van der Waals surface area (Å²) >= 11 is 3.43. The normalized spacial score (nSPS) is 10.6. The Kier molecular flexibility index (Phi) is 3.09. The lowest BCUT2D eigenvalue weighted by Gasteiger charge is -2.05. The minimum atomic E-state index is 0.647. The second-order valence-corrected chi connectivity index (χ2v) is 5.11. The number of nitrogen functional groups attached to an aromatic ring is 1. The van der Waals surface area contributed by atoms with Gasteiger partial charge in [0, 0.05) is 10.0 Å². The van der Waals surface area contributed by atoms with Crippen molar-refractivity contribution < 1.29 is 0 Å². The highest BCUT2D eigenvalue weighted by Crippen LogP contribution is 2.28. The van der Waals surface area contributed by atoms with E-state index in [1.807, 2.05) is 54.6 Å². The molecule has 2 aromatic carbocycles. The smallest absolute Gasteiger partial charge is 0.135 e. The van der Waals surface area contributed by atoms with Crippen LogP contribution in [0.1, 0.15) is 0 Å². The number of halogens is 1. The Morgan fingerprint density at radius 2 is 1.63 bits per heavy atom. The molecule has 0 spiro atoms. The van der Waals surface area contributed by atoms with Gasteiger partial charge in [-0.2, -0.15) is 5.10 Å². The van der Waals surface area contributed by atoms with E-state index < -0.39 is 0 Å². The summed E-state index contributed by atoms with van der Waals surface area (Å²) < 4.78 is 2.79.